The summed E-state index contributed by atoms with van der Waals surface area (Å²) in [5, 5.41) is 1.79. The van der Waals surface area contributed by atoms with E-state index < -0.39 is 5.63 Å². The van der Waals surface area contributed by atoms with E-state index in [9.17, 15) is 14.4 Å². The van der Waals surface area contributed by atoms with Crippen molar-refractivity contribution < 1.29 is 13.6 Å². The first-order chi connectivity index (χ1) is 16.7. The van der Waals surface area contributed by atoms with Crippen LogP contribution in [0, 0.1) is 33.6 Å². The lowest BCUT2D eigenvalue weighted by Crippen LogP contribution is -2.49. The molecule has 7 nitrogen and oxygen atoms in total. The zero-order chi connectivity index (χ0) is 24.6. The van der Waals surface area contributed by atoms with Gasteiger partial charge in [-0.05, 0) is 68.9 Å². The number of nitrogens with zero attached hydrogens (tertiary/aromatic N) is 2. The summed E-state index contributed by atoms with van der Waals surface area (Å²) in [5.41, 5.74) is 4.91. The van der Waals surface area contributed by atoms with Gasteiger partial charge < -0.3 is 18.3 Å². The van der Waals surface area contributed by atoms with Gasteiger partial charge >= 0.3 is 5.63 Å². The van der Waals surface area contributed by atoms with Crippen LogP contribution < -0.4 is 11.2 Å². The molecule has 0 saturated carbocycles. The van der Waals surface area contributed by atoms with Crippen molar-refractivity contribution in [1.29, 1.82) is 0 Å². The number of benzene rings is 1. The summed E-state index contributed by atoms with van der Waals surface area (Å²) < 4.78 is 13.7. The second-order valence-corrected chi connectivity index (χ2v) is 10.2. The maximum absolute atomic E-state index is 13.4. The van der Waals surface area contributed by atoms with E-state index in [1.54, 1.807) is 12.1 Å². The molecule has 2 aliphatic rings. The molecule has 0 unspecified atom stereocenters. The molecule has 0 aliphatic carbocycles. The highest BCUT2D eigenvalue weighted by molar-refractivity contribution is 6.07. The maximum Gasteiger partial charge on any atom is 0.340 e. The monoisotopic (exact) mass is 472 g/mol. The Morgan fingerprint density at radius 1 is 1.00 bits per heavy atom. The van der Waals surface area contributed by atoms with Crippen LogP contribution in [0.5, 0.6) is 0 Å². The highest BCUT2D eigenvalue weighted by Crippen LogP contribution is 2.37. The molecule has 7 heteroatoms. The third-order valence-corrected chi connectivity index (χ3v) is 8.04. The molecular formula is C28H28N2O5. The van der Waals surface area contributed by atoms with Crippen molar-refractivity contribution in [2.24, 2.45) is 5.92 Å². The molecule has 5 heterocycles. The van der Waals surface area contributed by atoms with E-state index in [0.717, 1.165) is 45.3 Å². The number of piperidine rings is 1. The van der Waals surface area contributed by atoms with Gasteiger partial charge in [-0.3, -0.25) is 9.59 Å². The van der Waals surface area contributed by atoms with E-state index in [4.69, 9.17) is 8.83 Å². The van der Waals surface area contributed by atoms with Crippen molar-refractivity contribution in [2.75, 3.05) is 13.1 Å². The SMILES string of the molecule is Cc1oc2c(c(C)cc3oc(=O)c(CC(=O)N4C[C@H]5C[C@@H](C4)c4cccc(=O)n4C5)c(C)c32)c1C. The molecule has 0 N–H and O–H groups in total. The van der Waals surface area contributed by atoms with Gasteiger partial charge in [-0.1, -0.05) is 6.07 Å². The van der Waals surface area contributed by atoms with Gasteiger partial charge in [-0.2, -0.15) is 0 Å². The zero-order valence-corrected chi connectivity index (χ0v) is 20.4. The number of hydrogen-bond donors (Lipinski definition) is 0. The maximum atomic E-state index is 13.4. The minimum absolute atomic E-state index is 0.0147. The quantitative estimate of drug-likeness (QED) is 0.410. The molecule has 1 saturated heterocycles. The normalized spacial score (nSPS) is 19.4. The predicted octanol–water partition coefficient (Wildman–Crippen LogP) is 4.12. The van der Waals surface area contributed by atoms with E-state index in [-0.39, 0.29) is 29.7 Å². The van der Waals surface area contributed by atoms with Gasteiger partial charge in [0.2, 0.25) is 5.91 Å². The first-order valence-corrected chi connectivity index (χ1v) is 12.2. The minimum Gasteiger partial charge on any atom is -0.460 e. The van der Waals surface area contributed by atoms with E-state index in [1.807, 2.05) is 49.3 Å². The molecule has 35 heavy (non-hydrogen) atoms. The number of carbonyl (C=O) groups is 1. The Hall–Kier alpha value is -3.61. The van der Waals surface area contributed by atoms with Crippen LogP contribution >= 0.6 is 0 Å². The Balaban J connectivity index is 1.37. The topological polar surface area (TPSA) is 85.7 Å². The molecule has 1 amide bonds. The van der Waals surface area contributed by atoms with Gasteiger partial charge in [0.1, 0.15) is 16.9 Å². The fourth-order valence-corrected chi connectivity index (χ4v) is 6.20. The summed E-state index contributed by atoms with van der Waals surface area (Å²) >= 11 is 0. The Labute approximate surface area is 201 Å². The Kier molecular flexibility index (Phi) is 4.82. The fraction of sp³-hybridized carbons (Fsp3) is 0.393. The molecule has 2 aliphatic heterocycles. The van der Waals surface area contributed by atoms with Gasteiger partial charge in [-0.15, -0.1) is 0 Å². The number of carbonyl (C=O) groups excluding carboxylic acids is 1. The van der Waals surface area contributed by atoms with Gasteiger partial charge in [0.25, 0.3) is 5.56 Å². The summed E-state index contributed by atoms with van der Waals surface area (Å²) in [7, 11) is 0. The van der Waals surface area contributed by atoms with Crippen molar-refractivity contribution in [3.8, 4) is 0 Å². The average Bonchev–Trinajstić information content (AvgIpc) is 3.11. The van der Waals surface area contributed by atoms with Crippen molar-refractivity contribution in [1.82, 2.24) is 9.47 Å². The summed E-state index contributed by atoms with van der Waals surface area (Å²) in [6.45, 7) is 9.58. The number of aryl methyl sites for hydroxylation is 4. The van der Waals surface area contributed by atoms with Gasteiger partial charge in [0.15, 0.2) is 0 Å². The summed E-state index contributed by atoms with van der Waals surface area (Å²) in [6.07, 6.45) is 0.956. The van der Waals surface area contributed by atoms with E-state index in [2.05, 4.69) is 0 Å². The number of fused-ring (bicyclic) bond motifs is 7. The van der Waals surface area contributed by atoms with Gasteiger partial charge in [-0.25, -0.2) is 4.79 Å². The lowest BCUT2D eigenvalue weighted by Gasteiger charge is -2.42. The lowest BCUT2D eigenvalue weighted by molar-refractivity contribution is -0.133. The van der Waals surface area contributed by atoms with Gasteiger partial charge in [0, 0.05) is 42.7 Å². The Morgan fingerprint density at radius 2 is 1.80 bits per heavy atom. The molecule has 0 radical (unpaired) electrons. The van der Waals surface area contributed by atoms with E-state index in [0.29, 0.717) is 36.4 Å². The first-order valence-electron chi connectivity index (χ1n) is 12.2. The van der Waals surface area contributed by atoms with Crippen molar-refractivity contribution in [3.05, 3.63) is 78.7 Å². The fourth-order valence-electron chi connectivity index (χ4n) is 6.20. The number of furan rings is 1. The van der Waals surface area contributed by atoms with Crippen LogP contribution in [-0.4, -0.2) is 28.5 Å². The molecule has 1 fully saturated rings. The number of amides is 1. The molecule has 2 atom stereocenters. The second-order valence-electron chi connectivity index (χ2n) is 10.2. The third kappa shape index (κ3) is 3.28. The van der Waals surface area contributed by atoms with Crippen molar-refractivity contribution in [3.63, 3.8) is 0 Å². The smallest absolute Gasteiger partial charge is 0.340 e. The number of aromatic nitrogens is 1. The minimum atomic E-state index is -0.476. The van der Waals surface area contributed by atoms with Crippen LogP contribution in [0.3, 0.4) is 0 Å². The molecule has 180 valence electrons. The van der Waals surface area contributed by atoms with Crippen LogP contribution in [-0.2, 0) is 17.8 Å². The molecule has 4 aromatic rings. The zero-order valence-electron chi connectivity index (χ0n) is 20.4. The summed E-state index contributed by atoms with van der Waals surface area (Å²) in [4.78, 5) is 40.6. The Bertz CT molecular complexity index is 1650. The molecule has 6 rings (SSSR count). The van der Waals surface area contributed by atoms with Gasteiger partial charge in [0.05, 0.1) is 17.4 Å². The second kappa shape index (κ2) is 7.70. The average molecular weight is 473 g/mol. The highest BCUT2D eigenvalue weighted by Gasteiger charge is 2.36. The molecule has 1 aromatic carbocycles. The lowest BCUT2D eigenvalue weighted by atomic mass is 9.83. The number of hydrogen-bond acceptors (Lipinski definition) is 5. The van der Waals surface area contributed by atoms with Crippen LogP contribution in [0.1, 0.15) is 46.0 Å². The van der Waals surface area contributed by atoms with Crippen LogP contribution in [0.4, 0.5) is 0 Å². The molecule has 2 bridgehead atoms. The third-order valence-electron chi connectivity index (χ3n) is 8.04. The predicted molar refractivity (Wildman–Crippen MR) is 133 cm³/mol. The van der Waals surface area contributed by atoms with Crippen molar-refractivity contribution in [2.45, 2.75) is 53.0 Å². The highest BCUT2D eigenvalue weighted by atomic mass is 16.4. The van der Waals surface area contributed by atoms with Crippen molar-refractivity contribution >= 4 is 27.8 Å². The number of pyridine rings is 1. The summed E-state index contributed by atoms with van der Waals surface area (Å²) in [5.74, 6) is 1.11. The van der Waals surface area contributed by atoms with Crippen LogP contribution in [0.25, 0.3) is 21.9 Å². The van der Waals surface area contributed by atoms with E-state index >= 15 is 0 Å². The van der Waals surface area contributed by atoms with Crippen LogP contribution in [0.15, 0.2) is 42.7 Å². The molecular weight excluding hydrogens is 444 g/mol. The largest absolute Gasteiger partial charge is 0.460 e. The van der Waals surface area contributed by atoms with E-state index in [1.165, 1.54) is 0 Å². The molecule has 3 aromatic heterocycles. The molecule has 0 spiro atoms. The number of rotatable bonds is 2. The first kappa shape index (κ1) is 21.9. The van der Waals surface area contributed by atoms with Crippen LogP contribution in [0.2, 0.25) is 0 Å². The number of likely N-dealkylation sites (tertiary alicyclic amines) is 1. The Morgan fingerprint density at radius 3 is 2.60 bits per heavy atom. The summed E-state index contributed by atoms with van der Waals surface area (Å²) in [6, 6.07) is 7.25. The standard InChI is InChI=1S/C28H28N2O5/c1-14-8-22-26(27-25(14)15(2)17(4)34-27)16(3)20(28(33)35-22)10-24(32)29-11-18-9-19(13-29)21-6-5-7-23(31)30(21)12-18/h5-8,18-19H,9-13H2,1-4H3/t18-,19+/m1/s1.